The molecule has 2 atom stereocenters. The molecule has 2 unspecified atom stereocenters. The molecule has 27 heavy (non-hydrogen) atoms. The highest BCUT2D eigenvalue weighted by Gasteiger charge is 2.27. The maximum absolute atomic E-state index is 12.2. The number of anilines is 1. The van der Waals surface area contributed by atoms with Crippen LogP contribution in [0.25, 0.3) is 0 Å². The molecule has 0 aliphatic carbocycles. The molecular formula is C19H19N3O4S. The zero-order valence-electron chi connectivity index (χ0n) is 14.4. The summed E-state index contributed by atoms with van der Waals surface area (Å²) < 4.78 is 10.6. The lowest BCUT2D eigenvalue weighted by Gasteiger charge is -2.31. The van der Waals surface area contributed by atoms with E-state index in [2.05, 4.69) is 16.0 Å². The number of hydrogen-bond donors (Lipinski definition) is 3. The maximum atomic E-state index is 12.2. The van der Waals surface area contributed by atoms with Crippen LogP contribution in [0.15, 0.2) is 48.5 Å². The fourth-order valence-electron chi connectivity index (χ4n) is 2.99. The van der Waals surface area contributed by atoms with Crippen LogP contribution in [0.4, 0.5) is 5.69 Å². The predicted octanol–water partition coefficient (Wildman–Crippen LogP) is 2.22. The van der Waals surface area contributed by atoms with Crippen LogP contribution in [0.2, 0.25) is 0 Å². The van der Waals surface area contributed by atoms with Crippen molar-refractivity contribution in [3.05, 3.63) is 54.1 Å². The molecule has 8 heteroatoms. The first-order valence-electron chi connectivity index (χ1n) is 8.59. The SMILES string of the molecule is O=C(CSC1NC(=O)CC(c2ccccc2)N1)Nc1ccc2c(c1)OCO2. The number of carbonyl (C=O) groups is 2. The smallest absolute Gasteiger partial charge is 0.234 e. The molecular weight excluding hydrogens is 366 g/mol. The van der Waals surface area contributed by atoms with Gasteiger partial charge < -0.3 is 20.1 Å². The van der Waals surface area contributed by atoms with Crippen LogP contribution in [0.5, 0.6) is 11.5 Å². The van der Waals surface area contributed by atoms with E-state index in [-0.39, 0.29) is 35.9 Å². The highest BCUT2D eigenvalue weighted by Crippen LogP contribution is 2.34. The quantitative estimate of drug-likeness (QED) is 0.731. The van der Waals surface area contributed by atoms with E-state index >= 15 is 0 Å². The van der Waals surface area contributed by atoms with Gasteiger partial charge in [0, 0.05) is 24.2 Å². The Bertz CT molecular complexity index is 846. The first kappa shape index (κ1) is 17.7. The van der Waals surface area contributed by atoms with E-state index in [0.29, 0.717) is 23.6 Å². The first-order valence-corrected chi connectivity index (χ1v) is 9.64. The normalized spacial score (nSPS) is 20.8. The number of benzene rings is 2. The van der Waals surface area contributed by atoms with Crippen LogP contribution in [0, 0.1) is 0 Å². The van der Waals surface area contributed by atoms with Crippen molar-refractivity contribution in [2.45, 2.75) is 18.0 Å². The average Bonchev–Trinajstić information content (AvgIpc) is 3.14. The third-order valence-corrected chi connectivity index (χ3v) is 5.29. The van der Waals surface area contributed by atoms with Gasteiger partial charge >= 0.3 is 0 Å². The van der Waals surface area contributed by atoms with E-state index in [4.69, 9.17) is 9.47 Å². The number of ether oxygens (including phenoxy) is 2. The third kappa shape index (κ3) is 4.35. The van der Waals surface area contributed by atoms with Gasteiger partial charge in [-0.15, -0.1) is 11.8 Å². The van der Waals surface area contributed by atoms with Crippen molar-refractivity contribution in [1.82, 2.24) is 10.6 Å². The second-order valence-corrected chi connectivity index (χ2v) is 7.30. The molecule has 1 saturated heterocycles. The standard InChI is InChI=1S/C19H19N3O4S/c23-17-9-14(12-4-2-1-3-5-12)21-19(22-17)27-10-18(24)20-13-6-7-15-16(8-13)26-11-25-15/h1-8,14,19,21H,9-11H2,(H,20,24)(H,22,23). The third-order valence-electron chi connectivity index (χ3n) is 4.27. The molecule has 0 bridgehead atoms. The number of rotatable bonds is 5. The zero-order valence-corrected chi connectivity index (χ0v) is 15.3. The van der Waals surface area contributed by atoms with E-state index < -0.39 is 0 Å². The summed E-state index contributed by atoms with van der Waals surface area (Å²) >= 11 is 1.34. The molecule has 4 rings (SSSR count). The average molecular weight is 385 g/mol. The molecule has 2 aliphatic rings. The summed E-state index contributed by atoms with van der Waals surface area (Å²) in [6.45, 7) is 0.193. The molecule has 0 saturated carbocycles. The fraction of sp³-hybridized carbons (Fsp3) is 0.263. The number of carbonyl (C=O) groups excluding carboxylic acids is 2. The fourth-order valence-corrected chi connectivity index (χ4v) is 3.86. The van der Waals surface area contributed by atoms with Gasteiger partial charge in [-0.2, -0.15) is 0 Å². The predicted molar refractivity (Wildman–Crippen MR) is 103 cm³/mol. The molecule has 0 spiro atoms. The minimum absolute atomic E-state index is 0.0312. The number of hydrogen-bond acceptors (Lipinski definition) is 6. The van der Waals surface area contributed by atoms with Gasteiger partial charge in [-0.3, -0.25) is 14.9 Å². The Kier molecular flexibility index (Phi) is 5.17. The largest absolute Gasteiger partial charge is 0.454 e. The monoisotopic (exact) mass is 385 g/mol. The first-order chi connectivity index (χ1) is 13.2. The summed E-state index contributed by atoms with van der Waals surface area (Å²) in [4.78, 5) is 24.3. The summed E-state index contributed by atoms with van der Waals surface area (Å²) in [6, 6.07) is 15.0. The lowest BCUT2D eigenvalue weighted by Crippen LogP contribution is -2.51. The van der Waals surface area contributed by atoms with Gasteiger partial charge in [-0.25, -0.2) is 0 Å². The molecule has 1 fully saturated rings. The number of amides is 2. The highest BCUT2D eigenvalue weighted by atomic mass is 32.2. The van der Waals surface area contributed by atoms with Crippen LogP contribution < -0.4 is 25.4 Å². The Balaban J connectivity index is 1.31. The van der Waals surface area contributed by atoms with Gasteiger partial charge in [0.05, 0.1) is 5.75 Å². The maximum Gasteiger partial charge on any atom is 0.234 e. The van der Waals surface area contributed by atoms with E-state index in [9.17, 15) is 9.59 Å². The molecule has 0 aromatic heterocycles. The van der Waals surface area contributed by atoms with Gasteiger partial charge in [-0.1, -0.05) is 30.3 Å². The zero-order chi connectivity index (χ0) is 18.6. The molecule has 2 heterocycles. The Morgan fingerprint density at radius 3 is 2.81 bits per heavy atom. The van der Waals surface area contributed by atoms with E-state index in [1.807, 2.05) is 30.3 Å². The molecule has 3 N–H and O–H groups in total. The van der Waals surface area contributed by atoms with Gasteiger partial charge in [0.15, 0.2) is 11.5 Å². The molecule has 2 aliphatic heterocycles. The lowest BCUT2D eigenvalue weighted by atomic mass is 10.0. The van der Waals surface area contributed by atoms with Crippen LogP contribution in [-0.4, -0.2) is 29.9 Å². The highest BCUT2D eigenvalue weighted by molar-refractivity contribution is 8.00. The van der Waals surface area contributed by atoms with Crippen molar-refractivity contribution in [2.75, 3.05) is 17.9 Å². The molecule has 140 valence electrons. The molecule has 2 aromatic rings. The van der Waals surface area contributed by atoms with Gasteiger partial charge in [-0.05, 0) is 17.7 Å². The van der Waals surface area contributed by atoms with Crippen molar-refractivity contribution < 1.29 is 19.1 Å². The van der Waals surface area contributed by atoms with E-state index in [0.717, 1.165) is 5.56 Å². The lowest BCUT2D eigenvalue weighted by molar-refractivity contribution is -0.123. The Morgan fingerprint density at radius 1 is 1.15 bits per heavy atom. The Labute approximate surface area is 160 Å². The number of nitrogens with one attached hydrogen (secondary N) is 3. The number of fused-ring (bicyclic) bond motifs is 1. The summed E-state index contributed by atoms with van der Waals surface area (Å²) in [5, 5.41) is 9.06. The second-order valence-electron chi connectivity index (χ2n) is 6.21. The number of thioether (sulfide) groups is 1. The molecule has 2 aromatic carbocycles. The van der Waals surface area contributed by atoms with Crippen LogP contribution in [-0.2, 0) is 9.59 Å². The van der Waals surface area contributed by atoms with Crippen molar-refractivity contribution in [2.24, 2.45) is 0 Å². The summed E-state index contributed by atoms with van der Waals surface area (Å²) in [7, 11) is 0. The van der Waals surface area contributed by atoms with Crippen LogP contribution in [0.1, 0.15) is 18.0 Å². The summed E-state index contributed by atoms with van der Waals surface area (Å²) in [5.74, 6) is 1.30. The molecule has 2 amide bonds. The van der Waals surface area contributed by atoms with Gasteiger partial charge in [0.1, 0.15) is 5.50 Å². The van der Waals surface area contributed by atoms with Crippen molar-refractivity contribution in [3.8, 4) is 11.5 Å². The van der Waals surface area contributed by atoms with Crippen LogP contribution in [0.3, 0.4) is 0 Å². The Morgan fingerprint density at radius 2 is 1.96 bits per heavy atom. The van der Waals surface area contributed by atoms with Crippen molar-refractivity contribution in [3.63, 3.8) is 0 Å². The molecule has 0 radical (unpaired) electrons. The summed E-state index contributed by atoms with van der Waals surface area (Å²) in [6.07, 6.45) is 0.379. The van der Waals surface area contributed by atoms with Crippen molar-refractivity contribution in [1.29, 1.82) is 0 Å². The van der Waals surface area contributed by atoms with Gasteiger partial charge in [0.2, 0.25) is 18.6 Å². The van der Waals surface area contributed by atoms with E-state index in [1.54, 1.807) is 18.2 Å². The second kappa shape index (κ2) is 7.89. The summed E-state index contributed by atoms with van der Waals surface area (Å²) in [5.41, 5.74) is 1.38. The minimum atomic E-state index is -0.320. The Hall–Kier alpha value is -2.71. The van der Waals surface area contributed by atoms with Crippen molar-refractivity contribution >= 4 is 29.3 Å². The topological polar surface area (TPSA) is 88.7 Å². The van der Waals surface area contributed by atoms with Crippen LogP contribution >= 0.6 is 11.8 Å². The van der Waals surface area contributed by atoms with Gasteiger partial charge in [0.25, 0.3) is 0 Å². The molecule has 7 nitrogen and oxygen atoms in total. The minimum Gasteiger partial charge on any atom is -0.454 e. The van der Waals surface area contributed by atoms with E-state index in [1.165, 1.54) is 11.8 Å².